The molecule has 0 radical (unpaired) electrons. The van der Waals surface area contributed by atoms with E-state index in [4.69, 9.17) is 10.2 Å². The lowest BCUT2D eigenvalue weighted by molar-refractivity contribution is 0.112. The molecule has 0 amide bonds. The molecule has 0 spiro atoms. The molecule has 0 heterocycles. The third-order valence-corrected chi connectivity index (χ3v) is 2.37. The molecule has 0 saturated heterocycles. The standard InChI is InChI=1S/C7H7NO4S/c8-13(11,12)6-2-1-5(4-9)7(10)3-6/h1-4,10H,(H2,8,11,12). The van der Waals surface area contributed by atoms with Crippen LogP contribution in [0.4, 0.5) is 0 Å². The molecule has 0 aliphatic heterocycles. The number of hydrogen-bond acceptors (Lipinski definition) is 4. The van der Waals surface area contributed by atoms with E-state index in [2.05, 4.69) is 0 Å². The summed E-state index contributed by atoms with van der Waals surface area (Å²) >= 11 is 0. The van der Waals surface area contributed by atoms with E-state index in [0.717, 1.165) is 12.1 Å². The molecule has 1 aromatic carbocycles. The number of aromatic hydroxyl groups is 1. The zero-order valence-electron chi connectivity index (χ0n) is 6.47. The lowest BCUT2D eigenvalue weighted by Gasteiger charge is -2.00. The van der Waals surface area contributed by atoms with Crippen molar-refractivity contribution in [3.63, 3.8) is 0 Å². The Labute approximate surface area is 74.9 Å². The number of phenols is 1. The van der Waals surface area contributed by atoms with Gasteiger partial charge in [-0.1, -0.05) is 0 Å². The molecular formula is C7H7NO4S. The van der Waals surface area contributed by atoms with E-state index in [1.54, 1.807) is 0 Å². The van der Waals surface area contributed by atoms with E-state index in [9.17, 15) is 13.2 Å². The number of nitrogens with two attached hydrogens (primary N) is 1. The molecule has 0 fully saturated rings. The van der Waals surface area contributed by atoms with E-state index < -0.39 is 15.8 Å². The second-order valence-electron chi connectivity index (χ2n) is 2.38. The summed E-state index contributed by atoms with van der Waals surface area (Å²) in [5.41, 5.74) is 0.0207. The van der Waals surface area contributed by atoms with Crippen molar-refractivity contribution >= 4 is 16.3 Å². The van der Waals surface area contributed by atoms with Crippen molar-refractivity contribution in [2.45, 2.75) is 4.90 Å². The Morgan fingerprint density at radius 2 is 2.00 bits per heavy atom. The zero-order chi connectivity index (χ0) is 10.1. The molecule has 1 aromatic rings. The van der Waals surface area contributed by atoms with Crippen LogP contribution in [0.3, 0.4) is 0 Å². The second kappa shape index (κ2) is 3.15. The summed E-state index contributed by atoms with van der Waals surface area (Å²) < 4.78 is 21.5. The Morgan fingerprint density at radius 3 is 2.38 bits per heavy atom. The monoisotopic (exact) mass is 201 g/mol. The van der Waals surface area contributed by atoms with Crippen LogP contribution in [0.2, 0.25) is 0 Å². The van der Waals surface area contributed by atoms with Crippen molar-refractivity contribution in [1.82, 2.24) is 0 Å². The summed E-state index contributed by atoms with van der Waals surface area (Å²) in [6.45, 7) is 0. The minimum absolute atomic E-state index is 0.0207. The normalized spacial score (nSPS) is 11.2. The number of sulfonamides is 1. The van der Waals surface area contributed by atoms with E-state index in [-0.39, 0.29) is 10.5 Å². The van der Waals surface area contributed by atoms with Gasteiger partial charge in [-0.25, -0.2) is 13.6 Å². The molecule has 13 heavy (non-hydrogen) atoms. The van der Waals surface area contributed by atoms with Gasteiger partial charge in [0.05, 0.1) is 10.5 Å². The second-order valence-corrected chi connectivity index (χ2v) is 3.94. The van der Waals surface area contributed by atoms with Crippen LogP contribution >= 0.6 is 0 Å². The Morgan fingerprint density at radius 1 is 1.38 bits per heavy atom. The fourth-order valence-electron chi connectivity index (χ4n) is 0.800. The maximum absolute atomic E-state index is 10.8. The molecule has 0 aliphatic carbocycles. The van der Waals surface area contributed by atoms with E-state index in [1.807, 2.05) is 0 Å². The van der Waals surface area contributed by atoms with Gasteiger partial charge in [-0.05, 0) is 12.1 Å². The Balaban J connectivity index is 3.34. The van der Waals surface area contributed by atoms with Gasteiger partial charge in [0.1, 0.15) is 5.75 Å². The number of aldehydes is 1. The number of phenolic OH excluding ortho intramolecular Hbond substituents is 1. The van der Waals surface area contributed by atoms with Crippen molar-refractivity contribution < 1.29 is 18.3 Å². The van der Waals surface area contributed by atoms with Gasteiger partial charge in [-0.3, -0.25) is 4.79 Å². The number of carbonyl (C=O) groups excluding carboxylic acids is 1. The van der Waals surface area contributed by atoms with Gasteiger partial charge in [0.15, 0.2) is 6.29 Å². The third-order valence-electron chi connectivity index (χ3n) is 1.46. The molecule has 6 heteroatoms. The van der Waals surface area contributed by atoms with Gasteiger partial charge in [-0.2, -0.15) is 0 Å². The molecule has 3 N–H and O–H groups in total. The highest BCUT2D eigenvalue weighted by molar-refractivity contribution is 7.89. The van der Waals surface area contributed by atoms with Gasteiger partial charge in [0, 0.05) is 6.07 Å². The van der Waals surface area contributed by atoms with Crippen LogP contribution in [0.15, 0.2) is 23.1 Å². The van der Waals surface area contributed by atoms with Crippen LogP contribution in [0.5, 0.6) is 5.75 Å². The fraction of sp³-hybridized carbons (Fsp3) is 0. The molecule has 70 valence electrons. The van der Waals surface area contributed by atoms with Gasteiger partial charge in [-0.15, -0.1) is 0 Å². The van der Waals surface area contributed by atoms with Crippen molar-refractivity contribution in [3.8, 4) is 5.75 Å². The summed E-state index contributed by atoms with van der Waals surface area (Å²) in [4.78, 5) is 10.0. The molecule has 1 rings (SSSR count). The summed E-state index contributed by atoms with van der Waals surface area (Å²) in [6, 6.07) is 3.26. The maximum Gasteiger partial charge on any atom is 0.238 e. The number of benzene rings is 1. The SMILES string of the molecule is NS(=O)(=O)c1ccc(C=O)c(O)c1. The van der Waals surface area contributed by atoms with Crippen LogP contribution in [0, 0.1) is 0 Å². The molecule has 5 nitrogen and oxygen atoms in total. The molecule has 0 aromatic heterocycles. The van der Waals surface area contributed by atoms with Crippen LogP contribution in [0.1, 0.15) is 10.4 Å². The predicted molar refractivity (Wildman–Crippen MR) is 44.9 cm³/mol. The topological polar surface area (TPSA) is 97.5 Å². The smallest absolute Gasteiger partial charge is 0.238 e. The summed E-state index contributed by atoms with van der Waals surface area (Å²) in [7, 11) is -3.83. The van der Waals surface area contributed by atoms with Gasteiger partial charge in [0.2, 0.25) is 10.0 Å². The van der Waals surface area contributed by atoms with Crippen LogP contribution in [-0.2, 0) is 10.0 Å². The van der Waals surface area contributed by atoms with Crippen molar-refractivity contribution in [2.75, 3.05) is 0 Å². The number of rotatable bonds is 2. The first kappa shape index (κ1) is 9.69. The number of primary sulfonamides is 1. The maximum atomic E-state index is 10.8. The average molecular weight is 201 g/mol. The first-order valence-corrected chi connectivity index (χ1v) is 4.81. The van der Waals surface area contributed by atoms with Gasteiger partial charge in [0.25, 0.3) is 0 Å². The zero-order valence-corrected chi connectivity index (χ0v) is 7.28. The quantitative estimate of drug-likeness (QED) is 0.650. The summed E-state index contributed by atoms with van der Waals surface area (Å²) in [5, 5.41) is 13.9. The third kappa shape index (κ3) is 2.04. The van der Waals surface area contributed by atoms with E-state index >= 15 is 0 Å². The summed E-state index contributed by atoms with van der Waals surface area (Å²) in [5.74, 6) is -0.401. The van der Waals surface area contributed by atoms with E-state index in [0.29, 0.717) is 6.29 Å². The van der Waals surface area contributed by atoms with E-state index in [1.165, 1.54) is 6.07 Å². The van der Waals surface area contributed by atoms with Crippen molar-refractivity contribution in [2.24, 2.45) is 5.14 Å². The molecule has 0 saturated carbocycles. The lowest BCUT2D eigenvalue weighted by Crippen LogP contribution is -2.11. The fourth-order valence-corrected chi connectivity index (χ4v) is 1.33. The minimum atomic E-state index is -3.83. The van der Waals surface area contributed by atoms with Crippen molar-refractivity contribution in [3.05, 3.63) is 23.8 Å². The van der Waals surface area contributed by atoms with Crippen molar-refractivity contribution in [1.29, 1.82) is 0 Å². The Bertz CT molecular complexity index is 438. The highest BCUT2D eigenvalue weighted by Gasteiger charge is 2.10. The largest absolute Gasteiger partial charge is 0.507 e. The Hall–Kier alpha value is -1.40. The average Bonchev–Trinajstić information content (AvgIpc) is 2.02. The van der Waals surface area contributed by atoms with Gasteiger partial charge >= 0.3 is 0 Å². The molecular weight excluding hydrogens is 194 g/mol. The van der Waals surface area contributed by atoms with Crippen LogP contribution in [-0.4, -0.2) is 19.8 Å². The molecule has 0 atom stereocenters. The minimum Gasteiger partial charge on any atom is -0.507 e. The highest BCUT2D eigenvalue weighted by Crippen LogP contribution is 2.18. The highest BCUT2D eigenvalue weighted by atomic mass is 32.2. The first-order chi connectivity index (χ1) is 5.95. The van der Waals surface area contributed by atoms with Crippen LogP contribution in [0.25, 0.3) is 0 Å². The van der Waals surface area contributed by atoms with Crippen LogP contribution < -0.4 is 5.14 Å². The number of hydrogen-bond donors (Lipinski definition) is 2. The summed E-state index contributed by atoms with van der Waals surface area (Å²) in [6.07, 6.45) is 0.419. The Kier molecular flexibility index (Phi) is 2.35. The predicted octanol–water partition coefficient (Wildman–Crippen LogP) is -0.148. The van der Waals surface area contributed by atoms with Gasteiger partial charge < -0.3 is 5.11 Å². The molecule has 0 aliphatic rings. The first-order valence-electron chi connectivity index (χ1n) is 3.26. The molecule has 0 unspecified atom stereocenters. The molecule has 0 bridgehead atoms. The lowest BCUT2D eigenvalue weighted by atomic mass is 10.2. The number of carbonyl (C=O) groups is 1.